The molecule has 0 amide bonds. The van der Waals surface area contributed by atoms with Gasteiger partial charge in [0.2, 0.25) is 0 Å². The number of hydrogen-bond acceptors (Lipinski definition) is 2. The van der Waals surface area contributed by atoms with E-state index in [-0.39, 0.29) is 118 Å². The summed E-state index contributed by atoms with van der Waals surface area (Å²) >= 11 is 0. The second kappa shape index (κ2) is 13.2. The van der Waals surface area contributed by atoms with Gasteiger partial charge in [-0.25, -0.2) is 0 Å². The number of carboxylic acid groups (broad SMARTS) is 2. The topological polar surface area (TPSA) is 74.6 Å². The number of rotatable bonds is 5. The van der Waals surface area contributed by atoms with Gasteiger partial charge in [0, 0.05) is 12.8 Å². The maximum Gasteiger partial charge on any atom is 1.00 e. The maximum atomic E-state index is 9.90. The monoisotopic (exact) mass is 226 g/mol. The van der Waals surface area contributed by atoms with Crippen molar-refractivity contribution in [2.75, 3.05) is 0 Å². The predicted molar refractivity (Wildman–Crippen MR) is 36.0 cm³/mol. The minimum absolute atomic E-state index is 0. The minimum Gasteiger partial charge on any atom is -1.00 e. The molecule has 0 aromatic carbocycles. The molecule has 0 saturated heterocycles. The summed E-state index contributed by atoms with van der Waals surface area (Å²) in [5.74, 6) is -1.74. The van der Waals surface area contributed by atoms with Crippen molar-refractivity contribution in [3.63, 3.8) is 0 Å². The van der Waals surface area contributed by atoms with Crippen molar-refractivity contribution >= 4 is 11.9 Å². The summed E-state index contributed by atoms with van der Waals surface area (Å²) in [6.07, 6.45) is 1.02. The molecule has 0 heterocycles. The quantitative estimate of drug-likeness (QED) is 0.363. The Hall–Kier alpha value is 2.21. The fourth-order valence-corrected chi connectivity index (χ4v) is 0.552. The van der Waals surface area contributed by atoms with Gasteiger partial charge in [0.15, 0.2) is 0 Å². The molecule has 0 saturated carbocycles. The Kier molecular flexibility index (Phi) is 21.7. The van der Waals surface area contributed by atoms with Gasteiger partial charge in [-0.15, -0.1) is 0 Å². The molecule has 0 bridgehead atoms. The van der Waals surface area contributed by atoms with Gasteiger partial charge in [-0.2, -0.15) is 0 Å². The summed E-state index contributed by atoms with van der Waals surface area (Å²) in [6.45, 7) is 0. The summed E-state index contributed by atoms with van der Waals surface area (Å²) in [7, 11) is 0. The first-order valence-electron chi connectivity index (χ1n) is 3.06. The summed E-state index contributed by atoms with van der Waals surface area (Å²) < 4.78 is 0. The van der Waals surface area contributed by atoms with E-state index in [4.69, 9.17) is 10.2 Å². The van der Waals surface area contributed by atoms with Crippen LogP contribution in [0.5, 0.6) is 0 Å². The van der Waals surface area contributed by atoms with Gasteiger partial charge < -0.3 is 13.1 Å². The Morgan fingerprint density at radius 3 is 1.33 bits per heavy atom. The maximum absolute atomic E-state index is 9.90. The SMILES string of the molecule is O=C(O)CCCCC(=O)O.[H-].[H-].[K+].[K+]. The van der Waals surface area contributed by atoms with Gasteiger partial charge in [0.1, 0.15) is 0 Å². The normalized spacial score (nSPS) is 7.67. The van der Waals surface area contributed by atoms with Crippen LogP contribution in [-0.2, 0) is 9.59 Å². The van der Waals surface area contributed by atoms with E-state index >= 15 is 0 Å². The van der Waals surface area contributed by atoms with Crippen LogP contribution in [0.25, 0.3) is 0 Å². The second-order valence-electron chi connectivity index (χ2n) is 1.99. The van der Waals surface area contributed by atoms with Crippen LogP contribution in [-0.4, -0.2) is 22.2 Å². The molecule has 4 nitrogen and oxygen atoms in total. The zero-order chi connectivity index (χ0) is 7.98. The Morgan fingerprint density at radius 1 is 0.917 bits per heavy atom. The zero-order valence-corrected chi connectivity index (χ0v) is 13.8. The summed E-state index contributed by atoms with van der Waals surface area (Å²) in [5, 5.41) is 16.3. The molecule has 0 radical (unpaired) electrons. The average Bonchev–Trinajstić information content (AvgIpc) is 1.79. The van der Waals surface area contributed by atoms with Crippen LogP contribution < -0.4 is 103 Å². The van der Waals surface area contributed by atoms with E-state index in [1.807, 2.05) is 0 Å². The molecule has 6 heteroatoms. The molecule has 0 aliphatic heterocycles. The van der Waals surface area contributed by atoms with E-state index in [2.05, 4.69) is 0 Å². The number of carbonyl (C=O) groups is 2. The molecule has 0 spiro atoms. The fourth-order valence-electron chi connectivity index (χ4n) is 0.552. The van der Waals surface area contributed by atoms with Crippen molar-refractivity contribution in [2.45, 2.75) is 25.7 Å². The Bertz CT molecular complexity index is 130. The number of carboxylic acids is 2. The van der Waals surface area contributed by atoms with Crippen LogP contribution in [0.2, 0.25) is 0 Å². The second-order valence-corrected chi connectivity index (χ2v) is 1.99. The number of unbranched alkanes of at least 4 members (excludes halogenated alkanes) is 1. The largest absolute Gasteiger partial charge is 1.00 e. The van der Waals surface area contributed by atoms with E-state index in [1.165, 1.54) is 0 Å². The van der Waals surface area contributed by atoms with E-state index in [1.54, 1.807) is 0 Å². The van der Waals surface area contributed by atoms with E-state index in [0.29, 0.717) is 12.8 Å². The first-order valence-corrected chi connectivity index (χ1v) is 3.06. The third-order valence-electron chi connectivity index (χ3n) is 1.03. The fraction of sp³-hybridized carbons (Fsp3) is 0.667. The third kappa shape index (κ3) is 18.1. The molecule has 0 aliphatic rings. The van der Waals surface area contributed by atoms with Crippen molar-refractivity contribution in [1.82, 2.24) is 0 Å². The Morgan fingerprint density at radius 2 is 1.17 bits per heavy atom. The molecule has 0 unspecified atom stereocenters. The van der Waals surface area contributed by atoms with E-state index in [0.717, 1.165) is 0 Å². The van der Waals surface area contributed by atoms with Gasteiger partial charge >= 0.3 is 115 Å². The van der Waals surface area contributed by atoms with Crippen molar-refractivity contribution in [2.24, 2.45) is 0 Å². The van der Waals surface area contributed by atoms with Crippen LogP contribution in [0.15, 0.2) is 0 Å². The molecule has 0 aromatic heterocycles. The Labute approximate surface area is 159 Å². The predicted octanol–water partition coefficient (Wildman–Crippen LogP) is -5.05. The van der Waals surface area contributed by atoms with Crippen molar-refractivity contribution in [3.05, 3.63) is 0 Å². The van der Waals surface area contributed by atoms with Crippen LogP contribution >= 0.6 is 0 Å². The van der Waals surface area contributed by atoms with Crippen LogP contribution in [0.3, 0.4) is 0 Å². The third-order valence-corrected chi connectivity index (χ3v) is 1.03. The Balaban J connectivity index is -0.0000000675. The molecule has 0 atom stereocenters. The van der Waals surface area contributed by atoms with Crippen LogP contribution in [0.1, 0.15) is 28.5 Å². The van der Waals surface area contributed by atoms with Gasteiger partial charge in [-0.05, 0) is 12.8 Å². The average molecular weight is 226 g/mol. The van der Waals surface area contributed by atoms with Crippen molar-refractivity contribution in [3.8, 4) is 0 Å². The molecule has 12 heavy (non-hydrogen) atoms. The van der Waals surface area contributed by atoms with Gasteiger partial charge in [-0.1, -0.05) is 0 Å². The van der Waals surface area contributed by atoms with Crippen molar-refractivity contribution in [1.29, 1.82) is 0 Å². The first-order chi connectivity index (χ1) is 4.63. The number of aliphatic carboxylic acids is 2. The summed E-state index contributed by atoms with van der Waals surface area (Å²) in [6, 6.07) is 0. The van der Waals surface area contributed by atoms with Gasteiger partial charge in [0.25, 0.3) is 0 Å². The van der Waals surface area contributed by atoms with Crippen LogP contribution in [0.4, 0.5) is 0 Å². The standard InChI is InChI=1S/C6H10O4.2K.2H/c7-5(8)3-1-2-4-6(9)10;;;;/h1-4H2,(H,7,8)(H,9,10);;;;/q;2*+1;2*-1. The van der Waals surface area contributed by atoms with Crippen LogP contribution in [0, 0.1) is 0 Å². The molecule has 0 aromatic rings. The molecular weight excluding hydrogens is 214 g/mol. The van der Waals surface area contributed by atoms with Crippen molar-refractivity contribution < 1.29 is 125 Å². The van der Waals surface area contributed by atoms with E-state index in [9.17, 15) is 9.59 Å². The zero-order valence-electron chi connectivity index (χ0n) is 9.54. The van der Waals surface area contributed by atoms with Gasteiger partial charge in [0.05, 0.1) is 0 Å². The summed E-state index contributed by atoms with van der Waals surface area (Å²) in [4.78, 5) is 19.8. The molecule has 0 aliphatic carbocycles. The number of hydrogen-bond donors (Lipinski definition) is 2. The van der Waals surface area contributed by atoms with Gasteiger partial charge in [-0.3, -0.25) is 9.59 Å². The minimum atomic E-state index is -0.870. The van der Waals surface area contributed by atoms with E-state index < -0.39 is 11.9 Å². The molecule has 0 fully saturated rings. The molecule has 62 valence electrons. The smallest absolute Gasteiger partial charge is 1.00 e. The first kappa shape index (κ1) is 19.7. The summed E-state index contributed by atoms with van der Waals surface area (Å²) in [5.41, 5.74) is 0. The molecular formula is C6H12K2O4. The molecule has 0 rings (SSSR count). The molecule has 2 N–H and O–H groups in total.